The van der Waals surface area contributed by atoms with Crippen molar-refractivity contribution in [2.24, 2.45) is 0 Å². The fourth-order valence-electron chi connectivity index (χ4n) is 1.23. The molecule has 0 unspecified atom stereocenters. The summed E-state index contributed by atoms with van der Waals surface area (Å²) in [5, 5.41) is 16.1. The number of fused-ring (bicyclic) bond motifs is 1. The van der Waals surface area contributed by atoms with Crippen LogP contribution in [0.4, 0.5) is 0 Å². The zero-order chi connectivity index (χ0) is 6.97. The summed E-state index contributed by atoms with van der Waals surface area (Å²) >= 11 is 0. The van der Waals surface area contributed by atoms with Crippen molar-refractivity contribution < 1.29 is 0 Å². The quantitative estimate of drug-likeness (QED) is 0.512. The van der Waals surface area contributed by atoms with Crippen LogP contribution < -0.4 is 0 Å². The highest BCUT2D eigenvalue weighted by Gasteiger charge is 2.23. The molecular weight excluding hydrogens is 128 g/mol. The Morgan fingerprint density at radius 2 is 2.70 bits per heavy atom. The zero-order valence-electron chi connectivity index (χ0n) is 5.36. The molecule has 2 rings (SSSR count). The molecule has 1 atom stereocenters. The SMILES string of the molecule is N#C[C@@H]1CCn2cnnc21. The van der Waals surface area contributed by atoms with Crippen molar-refractivity contribution in [2.75, 3.05) is 0 Å². The minimum absolute atomic E-state index is 0.0255. The van der Waals surface area contributed by atoms with E-state index in [4.69, 9.17) is 5.26 Å². The fourth-order valence-corrected chi connectivity index (χ4v) is 1.23. The number of aromatic nitrogens is 3. The van der Waals surface area contributed by atoms with Crippen LogP contribution in [0.2, 0.25) is 0 Å². The molecule has 0 N–H and O–H groups in total. The molecule has 0 amide bonds. The van der Waals surface area contributed by atoms with Crippen molar-refractivity contribution >= 4 is 0 Å². The van der Waals surface area contributed by atoms with Gasteiger partial charge in [-0.15, -0.1) is 10.2 Å². The van der Waals surface area contributed by atoms with Crippen molar-refractivity contribution in [3.63, 3.8) is 0 Å². The Bertz CT molecular complexity index is 282. The van der Waals surface area contributed by atoms with Crippen LogP contribution in [-0.4, -0.2) is 14.8 Å². The lowest BCUT2D eigenvalue weighted by atomic mass is 10.1. The third-order valence-corrected chi connectivity index (χ3v) is 1.77. The Morgan fingerprint density at radius 1 is 1.80 bits per heavy atom. The molecule has 0 radical (unpaired) electrons. The highest BCUT2D eigenvalue weighted by molar-refractivity contribution is 5.11. The summed E-state index contributed by atoms with van der Waals surface area (Å²) in [6, 6.07) is 2.18. The molecule has 4 nitrogen and oxygen atoms in total. The number of hydrogen-bond acceptors (Lipinski definition) is 3. The molecule has 1 aliphatic heterocycles. The van der Waals surface area contributed by atoms with E-state index in [-0.39, 0.29) is 5.92 Å². The van der Waals surface area contributed by atoms with Gasteiger partial charge in [-0.2, -0.15) is 5.26 Å². The molecule has 50 valence electrons. The summed E-state index contributed by atoms with van der Waals surface area (Å²) in [5.41, 5.74) is 0. The van der Waals surface area contributed by atoms with E-state index < -0.39 is 0 Å². The lowest BCUT2D eigenvalue weighted by molar-refractivity contribution is 0.722. The van der Waals surface area contributed by atoms with Crippen LogP contribution in [0.3, 0.4) is 0 Å². The Labute approximate surface area is 58.1 Å². The van der Waals surface area contributed by atoms with Crippen LogP contribution in [0.15, 0.2) is 6.33 Å². The van der Waals surface area contributed by atoms with Gasteiger partial charge in [0.1, 0.15) is 18.1 Å². The second-order valence-corrected chi connectivity index (χ2v) is 2.35. The first-order valence-corrected chi connectivity index (χ1v) is 3.19. The van der Waals surface area contributed by atoms with Crippen molar-refractivity contribution in [3.05, 3.63) is 12.2 Å². The van der Waals surface area contributed by atoms with Gasteiger partial charge >= 0.3 is 0 Å². The van der Waals surface area contributed by atoms with Gasteiger partial charge in [0.15, 0.2) is 0 Å². The smallest absolute Gasteiger partial charge is 0.150 e. The van der Waals surface area contributed by atoms with Crippen LogP contribution in [0.1, 0.15) is 18.2 Å². The zero-order valence-corrected chi connectivity index (χ0v) is 5.36. The van der Waals surface area contributed by atoms with Gasteiger partial charge in [0, 0.05) is 6.54 Å². The first-order chi connectivity index (χ1) is 4.92. The number of hydrogen-bond donors (Lipinski definition) is 0. The third-order valence-electron chi connectivity index (χ3n) is 1.77. The summed E-state index contributed by atoms with van der Waals surface area (Å²) in [7, 11) is 0. The standard InChI is InChI=1S/C6H6N4/c7-3-5-1-2-10-4-8-9-6(5)10/h4-5H,1-2H2/t5-/m0/s1. The fraction of sp³-hybridized carbons (Fsp3) is 0.500. The molecule has 1 aromatic rings. The Hall–Kier alpha value is -1.37. The Morgan fingerprint density at radius 3 is 3.50 bits per heavy atom. The van der Waals surface area contributed by atoms with Gasteiger partial charge < -0.3 is 4.57 Å². The third kappa shape index (κ3) is 0.545. The predicted molar refractivity (Wildman–Crippen MR) is 33.0 cm³/mol. The monoisotopic (exact) mass is 134 g/mol. The molecule has 0 bridgehead atoms. The second-order valence-electron chi connectivity index (χ2n) is 2.35. The van der Waals surface area contributed by atoms with Gasteiger partial charge in [0.25, 0.3) is 0 Å². The molecule has 0 aliphatic carbocycles. The van der Waals surface area contributed by atoms with Crippen LogP contribution >= 0.6 is 0 Å². The number of nitrogens with zero attached hydrogens (tertiary/aromatic N) is 4. The van der Waals surface area contributed by atoms with Gasteiger partial charge in [-0.05, 0) is 6.42 Å². The summed E-state index contributed by atoms with van der Waals surface area (Å²) < 4.78 is 1.92. The summed E-state index contributed by atoms with van der Waals surface area (Å²) in [4.78, 5) is 0. The molecule has 0 saturated heterocycles. The summed E-state index contributed by atoms with van der Waals surface area (Å²) in [5.74, 6) is 0.796. The van der Waals surface area contributed by atoms with Crippen LogP contribution in [0.5, 0.6) is 0 Å². The highest BCUT2D eigenvalue weighted by atomic mass is 15.3. The summed E-state index contributed by atoms with van der Waals surface area (Å²) in [6.07, 6.45) is 2.56. The molecule has 2 heterocycles. The van der Waals surface area contributed by atoms with Gasteiger partial charge in [-0.1, -0.05) is 0 Å². The number of nitriles is 1. The minimum atomic E-state index is -0.0255. The summed E-state index contributed by atoms with van der Waals surface area (Å²) in [6.45, 7) is 0.889. The van der Waals surface area contributed by atoms with E-state index in [0.717, 1.165) is 18.8 Å². The molecule has 0 spiro atoms. The second kappa shape index (κ2) is 1.81. The molecule has 4 heteroatoms. The minimum Gasteiger partial charge on any atom is -0.316 e. The van der Waals surface area contributed by atoms with Crippen molar-refractivity contribution in [1.82, 2.24) is 14.8 Å². The largest absolute Gasteiger partial charge is 0.316 e. The highest BCUT2D eigenvalue weighted by Crippen LogP contribution is 2.23. The van der Waals surface area contributed by atoms with E-state index in [1.54, 1.807) is 6.33 Å². The van der Waals surface area contributed by atoms with Gasteiger partial charge in [-0.3, -0.25) is 0 Å². The van der Waals surface area contributed by atoms with Crippen molar-refractivity contribution in [2.45, 2.75) is 18.9 Å². The van der Waals surface area contributed by atoms with Crippen LogP contribution in [0, 0.1) is 11.3 Å². The predicted octanol–water partition coefficient (Wildman–Crippen LogP) is 0.289. The van der Waals surface area contributed by atoms with E-state index in [9.17, 15) is 0 Å². The number of aryl methyl sites for hydroxylation is 1. The van der Waals surface area contributed by atoms with Gasteiger partial charge in [0.2, 0.25) is 0 Å². The molecule has 1 aliphatic rings. The van der Waals surface area contributed by atoms with Gasteiger partial charge in [-0.25, -0.2) is 0 Å². The maximum absolute atomic E-state index is 8.60. The maximum atomic E-state index is 8.60. The molecule has 10 heavy (non-hydrogen) atoms. The topological polar surface area (TPSA) is 54.5 Å². The van der Waals surface area contributed by atoms with Crippen molar-refractivity contribution in [1.29, 1.82) is 5.26 Å². The normalized spacial score (nSPS) is 22.1. The van der Waals surface area contributed by atoms with E-state index in [1.165, 1.54) is 0 Å². The Balaban J connectivity index is 2.46. The van der Waals surface area contributed by atoms with E-state index in [0.29, 0.717) is 0 Å². The molecule has 0 fully saturated rings. The van der Waals surface area contributed by atoms with Crippen molar-refractivity contribution in [3.8, 4) is 6.07 Å². The molecule has 0 saturated carbocycles. The van der Waals surface area contributed by atoms with E-state index in [1.807, 2.05) is 4.57 Å². The molecule has 0 aromatic carbocycles. The average molecular weight is 134 g/mol. The lowest BCUT2D eigenvalue weighted by Gasteiger charge is -1.89. The lowest BCUT2D eigenvalue weighted by Crippen LogP contribution is -1.91. The Kier molecular flexibility index (Phi) is 0.978. The maximum Gasteiger partial charge on any atom is 0.150 e. The van der Waals surface area contributed by atoms with Gasteiger partial charge in [0.05, 0.1) is 6.07 Å². The average Bonchev–Trinajstić information content (AvgIpc) is 2.44. The number of rotatable bonds is 0. The van der Waals surface area contributed by atoms with E-state index >= 15 is 0 Å². The molecule has 1 aromatic heterocycles. The first kappa shape index (κ1) is 5.42. The van der Waals surface area contributed by atoms with E-state index in [2.05, 4.69) is 16.3 Å². The first-order valence-electron chi connectivity index (χ1n) is 3.19. The van der Waals surface area contributed by atoms with Crippen LogP contribution in [0.25, 0.3) is 0 Å². The van der Waals surface area contributed by atoms with Crippen LogP contribution in [-0.2, 0) is 6.54 Å². The molecular formula is C6H6N4.